The Morgan fingerprint density at radius 1 is 1.47 bits per heavy atom. The molecule has 0 unspecified atom stereocenters. The lowest BCUT2D eigenvalue weighted by atomic mass is 10.1. The third-order valence-corrected chi connectivity index (χ3v) is 1.82. The fraction of sp³-hybridized carbons (Fsp3) is 0.200. The first kappa shape index (κ1) is 11.2. The van der Waals surface area contributed by atoms with Gasteiger partial charge in [0.05, 0.1) is 0 Å². The summed E-state index contributed by atoms with van der Waals surface area (Å²) in [6.45, 7) is 1.08. The number of nitrogens with one attached hydrogen (secondary N) is 1. The SMILES string of the molecule is Cc1cc(C(=O)NCC(=O)O)ccc1F. The van der Waals surface area contributed by atoms with Gasteiger partial charge in [-0.3, -0.25) is 9.59 Å². The van der Waals surface area contributed by atoms with Gasteiger partial charge in [0.15, 0.2) is 0 Å². The highest BCUT2D eigenvalue weighted by Gasteiger charge is 2.08. The molecule has 4 nitrogen and oxygen atoms in total. The van der Waals surface area contributed by atoms with E-state index in [1.54, 1.807) is 0 Å². The summed E-state index contributed by atoms with van der Waals surface area (Å²) in [4.78, 5) is 21.5. The van der Waals surface area contributed by atoms with Gasteiger partial charge in [0.1, 0.15) is 12.4 Å². The molecule has 1 rings (SSSR count). The quantitative estimate of drug-likeness (QED) is 0.782. The maximum absolute atomic E-state index is 12.9. The van der Waals surface area contributed by atoms with E-state index in [1.807, 2.05) is 0 Å². The van der Waals surface area contributed by atoms with Crippen molar-refractivity contribution in [1.82, 2.24) is 5.32 Å². The first-order chi connectivity index (χ1) is 7.00. The molecule has 1 aromatic rings. The van der Waals surface area contributed by atoms with Crippen LogP contribution < -0.4 is 5.32 Å². The normalized spacial score (nSPS) is 9.73. The summed E-state index contributed by atoms with van der Waals surface area (Å²) in [6, 6.07) is 3.84. The number of aryl methyl sites for hydroxylation is 1. The summed E-state index contributed by atoms with van der Waals surface area (Å²) in [5.41, 5.74) is 0.591. The van der Waals surface area contributed by atoms with Crippen LogP contribution >= 0.6 is 0 Å². The third-order valence-electron chi connectivity index (χ3n) is 1.82. The van der Waals surface area contributed by atoms with Gasteiger partial charge in [-0.05, 0) is 30.7 Å². The Labute approximate surface area is 85.7 Å². The summed E-state index contributed by atoms with van der Waals surface area (Å²) in [7, 11) is 0. The van der Waals surface area contributed by atoms with Gasteiger partial charge >= 0.3 is 5.97 Å². The molecule has 1 aromatic carbocycles. The smallest absolute Gasteiger partial charge is 0.322 e. The number of hydrogen-bond donors (Lipinski definition) is 2. The van der Waals surface area contributed by atoms with Gasteiger partial charge < -0.3 is 10.4 Å². The van der Waals surface area contributed by atoms with Crippen molar-refractivity contribution in [2.45, 2.75) is 6.92 Å². The van der Waals surface area contributed by atoms with E-state index < -0.39 is 24.2 Å². The van der Waals surface area contributed by atoms with Gasteiger partial charge in [0, 0.05) is 5.56 Å². The number of hydrogen-bond acceptors (Lipinski definition) is 2. The van der Waals surface area contributed by atoms with Gasteiger partial charge in [-0.2, -0.15) is 0 Å². The molecule has 2 N–H and O–H groups in total. The Balaban J connectivity index is 2.74. The van der Waals surface area contributed by atoms with Crippen molar-refractivity contribution in [3.63, 3.8) is 0 Å². The van der Waals surface area contributed by atoms with Crippen molar-refractivity contribution >= 4 is 11.9 Å². The van der Waals surface area contributed by atoms with E-state index in [9.17, 15) is 14.0 Å². The van der Waals surface area contributed by atoms with E-state index in [2.05, 4.69) is 5.32 Å². The summed E-state index contributed by atoms with van der Waals surface area (Å²) in [6.07, 6.45) is 0. The second-order valence-corrected chi connectivity index (χ2v) is 3.04. The first-order valence-electron chi connectivity index (χ1n) is 4.27. The molecule has 0 saturated heterocycles. The molecule has 0 aromatic heterocycles. The minimum absolute atomic E-state index is 0.246. The lowest BCUT2D eigenvalue weighted by Crippen LogP contribution is -2.29. The number of carboxylic acid groups (broad SMARTS) is 1. The Hall–Kier alpha value is -1.91. The molecule has 0 aliphatic heterocycles. The van der Waals surface area contributed by atoms with Crippen LogP contribution in [0.25, 0.3) is 0 Å². The monoisotopic (exact) mass is 211 g/mol. The van der Waals surface area contributed by atoms with E-state index >= 15 is 0 Å². The van der Waals surface area contributed by atoms with Crippen LogP contribution in [0.5, 0.6) is 0 Å². The number of rotatable bonds is 3. The molecule has 80 valence electrons. The van der Waals surface area contributed by atoms with Gasteiger partial charge in [0.2, 0.25) is 0 Å². The van der Waals surface area contributed by atoms with E-state index in [4.69, 9.17) is 5.11 Å². The first-order valence-corrected chi connectivity index (χ1v) is 4.27. The minimum atomic E-state index is -1.12. The second-order valence-electron chi connectivity index (χ2n) is 3.04. The zero-order valence-electron chi connectivity index (χ0n) is 8.08. The van der Waals surface area contributed by atoms with Crippen LogP contribution in [0.15, 0.2) is 18.2 Å². The van der Waals surface area contributed by atoms with Gasteiger partial charge in [-0.15, -0.1) is 0 Å². The van der Waals surface area contributed by atoms with Gasteiger partial charge in [-0.25, -0.2) is 4.39 Å². The number of carboxylic acids is 1. The molecule has 15 heavy (non-hydrogen) atoms. The molecule has 0 aliphatic rings. The minimum Gasteiger partial charge on any atom is -0.480 e. The molecule has 1 amide bonds. The van der Waals surface area contributed by atoms with Crippen molar-refractivity contribution < 1.29 is 19.1 Å². The standard InChI is InChI=1S/C10H10FNO3/c1-6-4-7(2-3-8(6)11)10(15)12-5-9(13)14/h2-4H,5H2,1H3,(H,12,15)(H,13,14). The average molecular weight is 211 g/mol. The predicted molar refractivity (Wildman–Crippen MR) is 51.1 cm³/mol. The lowest BCUT2D eigenvalue weighted by molar-refractivity contribution is -0.135. The molecular formula is C10H10FNO3. The molecule has 0 heterocycles. The number of benzene rings is 1. The van der Waals surface area contributed by atoms with E-state index in [1.165, 1.54) is 25.1 Å². The van der Waals surface area contributed by atoms with Gasteiger partial charge in [0.25, 0.3) is 5.91 Å². The number of amides is 1. The molecule has 5 heteroatoms. The maximum Gasteiger partial charge on any atom is 0.322 e. The Bertz CT molecular complexity index is 404. The van der Waals surface area contributed by atoms with E-state index in [-0.39, 0.29) is 5.56 Å². The molecular weight excluding hydrogens is 201 g/mol. The van der Waals surface area contributed by atoms with Crippen LogP contribution in [-0.2, 0) is 4.79 Å². The fourth-order valence-electron chi connectivity index (χ4n) is 1.04. The maximum atomic E-state index is 12.9. The molecule has 0 fully saturated rings. The van der Waals surface area contributed by atoms with Crippen molar-refractivity contribution in [2.75, 3.05) is 6.54 Å². The van der Waals surface area contributed by atoms with Crippen molar-refractivity contribution in [3.05, 3.63) is 35.1 Å². The fourth-order valence-corrected chi connectivity index (χ4v) is 1.04. The van der Waals surface area contributed by atoms with E-state index in [0.717, 1.165) is 0 Å². The van der Waals surface area contributed by atoms with Crippen LogP contribution in [0.4, 0.5) is 4.39 Å². The second kappa shape index (κ2) is 4.54. The molecule has 0 bridgehead atoms. The molecule has 0 atom stereocenters. The Kier molecular flexibility index (Phi) is 3.38. The number of carbonyl (C=O) groups excluding carboxylic acids is 1. The number of aliphatic carboxylic acids is 1. The van der Waals surface area contributed by atoms with Crippen molar-refractivity contribution in [2.24, 2.45) is 0 Å². The molecule has 0 radical (unpaired) electrons. The highest BCUT2D eigenvalue weighted by Crippen LogP contribution is 2.08. The van der Waals surface area contributed by atoms with Crippen molar-refractivity contribution in [3.8, 4) is 0 Å². The summed E-state index contributed by atoms with van der Waals surface area (Å²) in [5, 5.41) is 10.5. The zero-order chi connectivity index (χ0) is 11.4. The Morgan fingerprint density at radius 2 is 2.13 bits per heavy atom. The lowest BCUT2D eigenvalue weighted by Gasteiger charge is -2.03. The number of carbonyl (C=O) groups is 2. The van der Waals surface area contributed by atoms with Crippen LogP contribution in [-0.4, -0.2) is 23.5 Å². The molecule has 0 aliphatic carbocycles. The Morgan fingerprint density at radius 3 is 2.67 bits per heavy atom. The topological polar surface area (TPSA) is 66.4 Å². The summed E-state index contributed by atoms with van der Waals surface area (Å²) >= 11 is 0. The third kappa shape index (κ3) is 3.05. The van der Waals surface area contributed by atoms with Crippen LogP contribution in [0.3, 0.4) is 0 Å². The van der Waals surface area contributed by atoms with E-state index in [0.29, 0.717) is 5.56 Å². The van der Waals surface area contributed by atoms with Crippen LogP contribution in [0.1, 0.15) is 15.9 Å². The average Bonchev–Trinajstić information content (AvgIpc) is 2.18. The van der Waals surface area contributed by atoms with Crippen LogP contribution in [0, 0.1) is 12.7 Å². The zero-order valence-corrected chi connectivity index (χ0v) is 8.08. The van der Waals surface area contributed by atoms with Crippen molar-refractivity contribution in [1.29, 1.82) is 0 Å². The summed E-state index contributed by atoms with van der Waals surface area (Å²) in [5.74, 6) is -2.05. The highest BCUT2D eigenvalue weighted by atomic mass is 19.1. The molecule has 0 spiro atoms. The molecule has 0 saturated carbocycles. The van der Waals surface area contributed by atoms with Gasteiger partial charge in [-0.1, -0.05) is 0 Å². The summed E-state index contributed by atoms with van der Waals surface area (Å²) < 4.78 is 12.9. The highest BCUT2D eigenvalue weighted by molar-refractivity contribution is 5.95. The van der Waals surface area contributed by atoms with Crippen LogP contribution in [0.2, 0.25) is 0 Å². The largest absolute Gasteiger partial charge is 0.480 e. The predicted octanol–water partition coefficient (Wildman–Crippen LogP) is 0.949. The number of halogens is 1.